The highest BCUT2D eigenvalue weighted by Gasteiger charge is 2.33. The van der Waals surface area contributed by atoms with Crippen molar-refractivity contribution in [1.29, 1.82) is 0 Å². The van der Waals surface area contributed by atoms with Crippen molar-refractivity contribution in [3.8, 4) is 0 Å². The molecule has 1 aliphatic heterocycles. The first-order chi connectivity index (χ1) is 8.72. The number of hydrogen-bond donors (Lipinski definition) is 2. The minimum Gasteiger partial charge on any atom is -0.380 e. The highest BCUT2D eigenvalue weighted by atomic mass is 16.5. The molecule has 0 aromatic carbocycles. The van der Waals surface area contributed by atoms with Gasteiger partial charge in [0.15, 0.2) is 5.96 Å². The molecular formula is C13H22N4O. The van der Waals surface area contributed by atoms with E-state index >= 15 is 0 Å². The van der Waals surface area contributed by atoms with Crippen molar-refractivity contribution in [3.05, 3.63) is 24.5 Å². The second-order valence-corrected chi connectivity index (χ2v) is 5.08. The van der Waals surface area contributed by atoms with Gasteiger partial charge in [-0.2, -0.15) is 0 Å². The Hall–Kier alpha value is -1.49. The van der Waals surface area contributed by atoms with Crippen molar-refractivity contribution >= 4 is 5.96 Å². The lowest BCUT2D eigenvalue weighted by Crippen LogP contribution is -2.51. The molecule has 1 aliphatic rings. The van der Waals surface area contributed by atoms with Crippen molar-refractivity contribution in [2.24, 2.45) is 10.4 Å². The first kappa shape index (κ1) is 13.0. The Kier molecular flexibility index (Phi) is 4.25. The molecule has 0 radical (unpaired) electrons. The predicted octanol–water partition coefficient (Wildman–Crippen LogP) is 0.690. The first-order valence-electron chi connectivity index (χ1n) is 6.35. The smallest absolute Gasteiger partial charge is 0.191 e. The van der Waals surface area contributed by atoms with Gasteiger partial charge in [0.25, 0.3) is 0 Å². The van der Waals surface area contributed by atoms with Gasteiger partial charge in [-0.05, 0) is 12.1 Å². The van der Waals surface area contributed by atoms with E-state index in [1.165, 1.54) is 0 Å². The van der Waals surface area contributed by atoms with Gasteiger partial charge < -0.3 is 19.9 Å². The number of ether oxygens (including phenoxy) is 1. The van der Waals surface area contributed by atoms with E-state index in [0.29, 0.717) is 0 Å². The van der Waals surface area contributed by atoms with Crippen molar-refractivity contribution in [2.75, 3.05) is 33.4 Å². The first-order valence-corrected chi connectivity index (χ1v) is 6.35. The average Bonchev–Trinajstić information content (AvgIpc) is 2.84. The third kappa shape index (κ3) is 3.50. The van der Waals surface area contributed by atoms with Gasteiger partial charge >= 0.3 is 0 Å². The second-order valence-electron chi connectivity index (χ2n) is 5.08. The Morgan fingerprint density at radius 3 is 2.61 bits per heavy atom. The summed E-state index contributed by atoms with van der Waals surface area (Å²) in [6.07, 6.45) is 4.12. The van der Waals surface area contributed by atoms with Gasteiger partial charge in [0, 0.05) is 44.5 Å². The third-order valence-corrected chi connectivity index (χ3v) is 3.14. The summed E-state index contributed by atoms with van der Waals surface area (Å²) in [4.78, 5) is 4.21. The van der Waals surface area contributed by atoms with Crippen LogP contribution in [0, 0.1) is 5.41 Å². The van der Waals surface area contributed by atoms with Crippen LogP contribution in [0.2, 0.25) is 0 Å². The van der Waals surface area contributed by atoms with E-state index in [-0.39, 0.29) is 5.41 Å². The topological polar surface area (TPSA) is 50.6 Å². The number of hydrogen-bond acceptors (Lipinski definition) is 2. The van der Waals surface area contributed by atoms with E-state index in [4.69, 9.17) is 4.74 Å². The minimum atomic E-state index is 0.262. The number of guanidine groups is 1. The summed E-state index contributed by atoms with van der Waals surface area (Å²) in [6, 6.07) is 4.06. The number of aromatic nitrogens is 1. The largest absolute Gasteiger partial charge is 0.380 e. The lowest BCUT2D eigenvalue weighted by atomic mass is 9.89. The number of aliphatic imine (C=N–C) groups is 1. The van der Waals surface area contributed by atoms with E-state index in [9.17, 15) is 0 Å². The molecule has 0 spiro atoms. The lowest BCUT2D eigenvalue weighted by molar-refractivity contribution is -0.0971. The van der Waals surface area contributed by atoms with Gasteiger partial charge in [-0.15, -0.1) is 0 Å². The van der Waals surface area contributed by atoms with Crippen LogP contribution < -0.4 is 10.6 Å². The Labute approximate surface area is 108 Å². The van der Waals surface area contributed by atoms with E-state index < -0.39 is 0 Å². The standard InChI is InChI=1S/C13H22N4O/c1-13(10-18-11-13)9-16-12(14-2)15-5-8-17-6-3-4-7-17/h3-4,6-7H,5,8-11H2,1-2H3,(H2,14,15,16). The summed E-state index contributed by atoms with van der Waals surface area (Å²) in [7, 11) is 1.80. The van der Waals surface area contributed by atoms with Crippen molar-refractivity contribution in [2.45, 2.75) is 13.5 Å². The van der Waals surface area contributed by atoms with E-state index in [0.717, 1.165) is 38.8 Å². The van der Waals surface area contributed by atoms with E-state index in [1.807, 2.05) is 12.1 Å². The molecule has 1 saturated heterocycles. The summed E-state index contributed by atoms with van der Waals surface area (Å²) >= 11 is 0. The van der Waals surface area contributed by atoms with Crippen molar-refractivity contribution in [3.63, 3.8) is 0 Å². The number of rotatable bonds is 5. The fourth-order valence-electron chi connectivity index (χ4n) is 1.89. The predicted molar refractivity (Wildman–Crippen MR) is 72.7 cm³/mol. The summed E-state index contributed by atoms with van der Waals surface area (Å²) in [5.41, 5.74) is 0.262. The third-order valence-electron chi connectivity index (χ3n) is 3.14. The molecule has 18 heavy (non-hydrogen) atoms. The molecule has 0 aliphatic carbocycles. The van der Waals surface area contributed by atoms with Crippen LogP contribution in [0.1, 0.15) is 6.92 Å². The lowest BCUT2D eigenvalue weighted by Gasteiger charge is -2.38. The Morgan fingerprint density at radius 1 is 1.33 bits per heavy atom. The average molecular weight is 250 g/mol. The van der Waals surface area contributed by atoms with Crippen LogP contribution >= 0.6 is 0 Å². The molecule has 1 aromatic rings. The van der Waals surface area contributed by atoms with Crippen LogP contribution in [-0.4, -0.2) is 43.9 Å². The molecule has 5 heteroatoms. The van der Waals surface area contributed by atoms with Gasteiger partial charge in [0.1, 0.15) is 0 Å². The summed E-state index contributed by atoms with van der Waals surface area (Å²) in [6.45, 7) is 6.59. The van der Waals surface area contributed by atoms with Gasteiger partial charge in [0.2, 0.25) is 0 Å². The van der Waals surface area contributed by atoms with E-state index in [2.05, 4.69) is 39.5 Å². The monoisotopic (exact) mass is 250 g/mol. The molecule has 0 saturated carbocycles. The molecule has 0 atom stereocenters. The molecule has 0 amide bonds. The second kappa shape index (κ2) is 5.91. The van der Waals surface area contributed by atoms with Gasteiger partial charge in [0.05, 0.1) is 13.2 Å². The Bertz CT molecular complexity index is 382. The fourth-order valence-corrected chi connectivity index (χ4v) is 1.89. The Balaban J connectivity index is 1.66. The van der Waals surface area contributed by atoms with Crippen molar-refractivity contribution < 1.29 is 4.74 Å². The highest BCUT2D eigenvalue weighted by molar-refractivity contribution is 5.79. The SMILES string of the molecule is CN=C(NCCn1cccc1)NCC1(C)COC1. The summed E-state index contributed by atoms with van der Waals surface area (Å²) in [5, 5.41) is 6.65. The zero-order valence-corrected chi connectivity index (χ0v) is 11.1. The maximum Gasteiger partial charge on any atom is 0.191 e. The molecule has 100 valence electrons. The molecule has 2 N–H and O–H groups in total. The van der Waals surface area contributed by atoms with Crippen LogP contribution in [0.4, 0.5) is 0 Å². The number of nitrogens with one attached hydrogen (secondary N) is 2. The summed E-state index contributed by atoms with van der Waals surface area (Å²) < 4.78 is 7.37. The number of nitrogens with zero attached hydrogens (tertiary/aromatic N) is 2. The van der Waals surface area contributed by atoms with Gasteiger partial charge in [-0.1, -0.05) is 6.92 Å². The maximum atomic E-state index is 5.23. The zero-order valence-electron chi connectivity index (χ0n) is 11.1. The van der Waals surface area contributed by atoms with E-state index in [1.54, 1.807) is 7.05 Å². The minimum absolute atomic E-state index is 0.262. The fraction of sp³-hybridized carbons (Fsp3) is 0.615. The van der Waals surface area contributed by atoms with Crippen molar-refractivity contribution in [1.82, 2.24) is 15.2 Å². The van der Waals surface area contributed by atoms with Crippen LogP contribution in [0.15, 0.2) is 29.5 Å². The molecule has 2 heterocycles. The van der Waals surface area contributed by atoms with Crippen LogP contribution in [0.3, 0.4) is 0 Å². The van der Waals surface area contributed by atoms with Crippen LogP contribution in [0.25, 0.3) is 0 Å². The molecule has 5 nitrogen and oxygen atoms in total. The van der Waals surface area contributed by atoms with Gasteiger partial charge in [-0.25, -0.2) is 0 Å². The molecule has 0 unspecified atom stereocenters. The highest BCUT2D eigenvalue weighted by Crippen LogP contribution is 2.24. The maximum absolute atomic E-state index is 5.23. The van der Waals surface area contributed by atoms with Gasteiger partial charge in [-0.3, -0.25) is 4.99 Å². The molecule has 1 fully saturated rings. The molecular weight excluding hydrogens is 228 g/mol. The molecule has 0 bridgehead atoms. The van der Waals surface area contributed by atoms with Crippen LogP contribution in [0.5, 0.6) is 0 Å². The van der Waals surface area contributed by atoms with Crippen LogP contribution in [-0.2, 0) is 11.3 Å². The normalized spacial score (nSPS) is 18.2. The quantitative estimate of drug-likeness (QED) is 0.597. The zero-order chi connectivity index (χ0) is 12.8. The molecule has 1 aromatic heterocycles. The molecule has 2 rings (SSSR count). The summed E-state index contributed by atoms with van der Waals surface area (Å²) in [5.74, 6) is 0.857. The Morgan fingerprint density at radius 2 is 2.06 bits per heavy atom.